The molecule has 0 fully saturated rings. The van der Waals surface area contributed by atoms with Crippen LogP contribution in [0.1, 0.15) is 39.5 Å². The molecule has 1 atom stereocenters. The summed E-state index contributed by atoms with van der Waals surface area (Å²) in [6.07, 6.45) is 9.70. The Labute approximate surface area is 85.6 Å². The first kappa shape index (κ1) is 11.0. The Hall–Kier alpha value is -1.05. The highest BCUT2D eigenvalue weighted by molar-refractivity contribution is 5.84. The number of hydrogen-bond acceptors (Lipinski definition) is 2. The van der Waals surface area contributed by atoms with Gasteiger partial charge in [-0.1, -0.05) is 32.8 Å². The molecule has 0 amide bonds. The van der Waals surface area contributed by atoms with E-state index in [0.29, 0.717) is 0 Å². The zero-order valence-electron chi connectivity index (χ0n) is 8.95. The molecule has 0 spiro atoms. The van der Waals surface area contributed by atoms with Gasteiger partial charge in [0.2, 0.25) is 0 Å². The van der Waals surface area contributed by atoms with Crippen LogP contribution in [0.25, 0.3) is 0 Å². The molecule has 0 saturated carbocycles. The second kappa shape index (κ2) is 5.63. The largest absolute Gasteiger partial charge is 0.454 e. The van der Waals surface area contributed by atoms with E-state index in [1.54, 1.807) is 0 Å². The van der Waals surface area contributed by atoms with Gasteiger partial charge in [-0.3, -0.25) is 0 Å². The average molecular weight is 194 g/mol. The molecule has 2 heteroatoms. The van der Waals surface area contributed by atoms with E-state index in [-0.39, 0.29) is 12.1 Å². The molecule has 0 aromatic heterocycles. The third-order valence-corrected chi connectivity index (χ3v) is 2.26. The van der Waals surface area contributed by atoms with Crippen molar-refractivity contribution in [2.24, 2.45) is 0 Å². The summed E-state index contributed by atoms with van der Waals surface area (Å²) >= 11 is 0. The molecule has 0 saturated heterocycles. The Morgan fingerprint density at radius 1 is 1.36 bits per heavy atom. The number of esters is 1. The number of allylic oxidation sites excluding steroid dienone is 1. The fourth-order valence-corrected chi connectivity index (χ4v) is 1.52. The second-order valence-electron chi connectivity index (χ2n) is 3.54. The van der Waals surface area contributed by atoms with Gasteiger partial charge in [0.05, 0.1) is 0 Å². The first-order chi connectivity index (χ1) is 6.77. The lowest BCUT2D eigenvalue weighted by molar-refractivity contribution is -0.142. The number of carbonyl (C=O) groups is 1. The molecule has 1 unspecified atom stereocenters. The van der Waals surface area contributed by atoms with E-state index in [9.17, 15) is 4.79 Å². The first-order valence-electron chi connectivity index (χ1n) is 5.36. The highest BCUT2D eigenvalue weighted by Crippen LogP contribution is 2.19. The minimum Gasteiger partial charge on any atom is -0.454 e. The normalized spacial score (nSPS) is 24.0. The van der Waals surface area contributed by atoms with Crippen LogP contribution in [0.15, 0.2) is 23.8 Å². The Bertz CT molecular complexity index is 251. The van der Waals surface area contributed by atoms with E-state index in [2.05, 4.69) is 19.9 Å². The van der Waals surface area contributed by atoms with Gasteiger partial charge in [-0.05, 0) is 24.5 Å². The fraction of sp³-hybridized carbons (Fsp3) is 0.583. The zero-order valence-corrected chi connectivity index (χ0v) is 8.95. The number of rotatable bonds is 4. The first-order valence-corrected chi connectivity index (χ1v) is 5.36. The molecule has 0 aromatic rings. The average Bonchev–Trinajstić information content (AvgIpc) is 2.17. The van der Waals surface area contributed by atoms with Gasteiger partial charge in [0.1, 0.15) is 6.10 Å². The maximum Gasteiger partial charge on any atom is 0.331 e. The summed E-state index contributed by atoms with van der Waals surface area (Å²) < 4.78 is 5.24. The SMILES string of the molecule is CCC/C=C1/C=CC(=O)OC1CCC. The molecule has 0 bridgehead atoms. The predicted octanol–water partition coefficient (Wildman–Crippen LogP) is 2.99. The summed E-state index contributed by atoms with van der Waals surface area (Å²) in [4.78, 5) is 11.0. The number of carbonyl (C=O) groups excluding carboxylic acids is 1. The van der Waals surface area contributed by atoms with Gasteiger partial charge in [0.25, 0.3) is 0 Å². The molecule has 0 radical (unpaired) electrons. The maximum atomic E-state index is 11.0. The van der Waals surface area contributed by atoms with Crippen molar-refractivity contribution in [1.29, 1.82) is 0 Å². The number of cyclic esters (lactones) is 1. The second-order valence-corrected chi connectivity index (χ2v) is 3.54. The predicted molar refractivity (Wildman–Crippen MR) is 56.9 cm³/mol. The number of unbranched alkanes of at least 4 members (excludes halogenated alkanes) is 1. The van der Waals surface area contributed by atoms with E-state index in [4.69, 9.17) is 4.74 Å². The van der Waals surface area contributed by atoms with Crippen LogP contribution in [0.5, 0.6) is 0 Å². The van der Waals surface area contributed by atoms with Crippen LogP contribution in [0, 0.1) is 0 Å². The van der Waals surface area contributed by atoms with E-state index in [0.717, 1.165) is 31.3 Å². The zero-order chi connectivity index (χ0) is 10.4. The monoisotopic (exact) mass is 194 g/mol. The Balaban J connectivity index is 2.68. The summed E-state index contributed by atoms with van der Waals surface area (Å²) in [7, 11) is 0. The highest BCUT2D eigenvalue weighted by Gasteiger charge is 2.19. The molecule has 1 rings (SSSR count). The van der Waals surface area contributed by atoms with E-state index in [1.807, 2.05) is 6.08 Å². The van der Waals surface area contributed by atoms with Gasteiger partial charge < -0.3 is 4.74 Å². The van der Waals surface area contributed by atoms with Gasteiger partial charge in [-0.2, -0.15) is 0 Å². The van der Waals surface area contributed by atoms with Crippen LogP contribution in [0.3, 0.4) is 0 Å². The fourth-order valence-electron chi connectivity index (χ4n) is 1.52. The summed E-state index contributed by atoms with van der Waals surface area (Å²) in [5, 5.41) is 0. The summed E-state index contributed by atoms with van der Waals surface area (Å²) in [5.74, 6) is -0.211. The molecule has 2 nitrogen and oxygen atoms in total. The molecule has 1 aliphatic rings. The van der Waals surface area contributed by atoms with Crippen molar-refractivity contribution >= 4 is 5.97 Å². The third-order valence-electron chi connectivity index (χ3n) is 2.26. The lowest BCUT2D eigenvalue weighted by atomic mass is 10.0. The molecular formula is C12H18O2. The molecule has 0 aromatic carbocycles. The minimum absolute atomic E-state index is 0.0101. The molecule has 14 heavy (non-hydrogen) atoms. The van der Waals surface area contributed by atoms with E-state index in [1.165, 1.54) is 6.08 Å². The molecule has 0 N–H and O–H groups in total. The lowest BCUT2D eigenvalue weighted by Crippen LogP contribution is -2.22. The van der Waals surface area contributed by atoms with Crippen molar-refractivity contribution < 1.29 is 9.53 Å². The quantitative estimate of drug-likeness (QED) is 0.643. The van der Waals surface area contributed by atoms with E-state index >= 15 is 0 Å². The van der Waals surface area contributed by atoms with Gasteiger partial charge in [0, 0.05) is 6.08 Å². The van der Waals surface area contributed by atoms with Gasteiger partial charge in [-0.25, -0.2) is 4.79 Å². The minimum atomic E-state index is -0.211. The molecule has 0 aliphatic carbocycles. The molecule has 1 aliphatic heterocycles. The van der Waals surface area contributed by atoms with Gasteiger partial charge in [0.15, 0.2) is 0 Å². The van der Waals surface area contributed by atoms with E-state index < -0.39 is 0 Å². The Kier molecular flexibility index (Phi) is 4.44. The lowest BCUT2D eigenvalue weighted by Gasteiger charge is -2.21. The van der Waals surface area contributed by atoms with Crippen LogP contribution in [-0.2, 0) is 9.53 Å². The summed E-state index contributed by atoms with van der Waals surface area (Å²) in [5.41, 5.74) is 1.16. The topological polar surface area (TPSA) is 26.3 Å². The molecule has 1 heterocycles. The van der Waals surface area contributed by atoms with Crippen LogP contribution >= 0.6 is 0 Å². The molecular weight excluding hydrogens is 176 g/mol. The maximum absolute atomic E-state index is 11.0. The number of hydrogen-bond donors (Lipinski definition) is 0. The van der Waals surface area contributed by atoms with Crippen molar-refractivity contribution in [1.82, 2.24) is 0 Å². The number of ether oxygens (including phenoxy) is 1. The molecule has 78 valence electrons. The summed E-state index contributed by atoms with van der Waals surface area (Å²) in [6.45, 7) is 4.24. The summed E-state index contributed by atoms with van der Waals surface area (Å²) in [6, 6.07) is 0. The van der Waals surface area contributed by atoms with Crippen molar-refractivity contribution in [3.8, 4) is 0 Å². The van der Waals surface area contributed by atoms with Crippen LogP contribution in [0.4, 0.5) is 0 Å². The smallest absolute Gasteiger partial charge is 0.331 e. The standard InChI is InChI=1S/C12H18O2/c1-3-5-7-10-8-9-12(13)14-11(10)6-4-2/h7-9,11H,3-6H2,1-2H3/b10-7-. The third kappa shape index (κ3) is 3.02. The Morgan fingerprint density at radius 3 is 2.79 bits per heavy atom. The highest BCUT2D eigenvalue weighted by atomic mass is 16.5. The van der Waals surface area contributed by atoms with Crippen molar-refractivity contribution in [3.63, 3.8) is 0 Å². The van der Waals surface area contributed by atoms with Crippen molar-refractivity contribution in [2.75, 3.05) is 0 Å². The van der Waals surface area contributed by atoms with Crippen molar-refractivity contribution in [3.05, 3.63) is 23.8 Å². The van der Waals surface area contributed by atoms with Crippen LogP contribution < -0.4 is 0 Å². The Morgan fingerprint density at radius 2 is 2.14 bits per heavy atom. The van der Waals surface area contributed by atoms with Gasteiger partial charge >= 0.3 is 5.97 Å². The van der Waals surface area contributed by atoms with Crippen LogP contribution in [0.2, 0.25) is 0 Å². The van der Waals surface area contributed by atoms with Gasteiger partial charge in [-0.15, -0.1) is 0 Å². The van der Waals surface area contributed by atoms with Crippen LogP contribution in [-0.4, -0.2) is 12.1 Å². The van der Waals surface area contributed by atoms with Crippen molar-refractivity contribution in [2.45, 2.75) is 45.6 Å².